The van der Waals surface area contributed by atoms with Crippen LogP contribution >= 0.6 is 0 Å². The first-order valence-electron chi connectivity index (χ1n) is 7.95. The number of anilines is 1. The Morgan fingerprint density at radius 2 is 1.70 bits per heavy atom. The standard InChI is InChI=1S/C20H21NO2/c1-3-21(4-2)17-8-5-15(6-9-17)7-11-19-14-16-13-18(22)10-12-20(16)23-19/h5-14,22H,3-4H2,1-2H3. The highest BCUT2D eigenvalue weighted by molar-refractivity contribution is 5.83. The predicted molar refractivity (Wildman–Crippen MR) is 96.8 cm³/mol. The van der Waals surface area contributed by atoms with Gasteiger partial charge in [0.2, 0.25) is 0 Å². The van der Waals surface area contributed by atoms with Crippen molar-refractivity contribution in [1.29, 1.82) is 0 Å². The summed E-state index contributed by atoms with van der Waals surface area (Å²) in [6.45, 7) is 6.35. The van der Waals surface area contributed by atoms with Crippen molar-refractivity contribution < 1.29 is 9.52 Å². The quantitative estimate of drug-likeness (QED) is 0.707. The Labute approximate surface area is 136 Å². The molecule has 2 aromatic carbocycles. The van der Waals surface area contributed by atoms with Gasteiger partial charge in [0.15, 0.2) is 0 Å². The molecule has 3 rings (SSSR count). The normalized spacial score (nSPS) is 11.4. The summed E-state index contributed by atoms with van der Waals surface area (Å²) in [5.74, 6) is 1.03. The minimum atomic E-state index is 0.251. The van der Waals surface area contributed by atoms with Gasteiger partial charge in [0.05, 0.1) is 0 Å². The lowest BCUT2D eigenvalue weighted by molar-refractivity contribution is 0.476. The zero-order valence-corrected chi connectivity index (χ0v) is 13.5. The van der Waals surface area contributed by atoms with Crippen molar-refractivity contribution in [2.75, 3.05) is 18.0 Å². The van der Waals surface area contributed by atoms with E-state index in [1.165, 1.54) is 5.69 Å². The Hall–Kier alpha value is -2.68. The van der Waals surface area contributed by atoms with Crippen LogP contribution in [0.5, 0.6) is 5.75 Å². The molecule has 0 spiro atoms. The average Bonchev–Trinajstić information content (AvgIpc) is 2.97. The molecule has 23 heavy (non-hydrogen) atoms. The van der Waals surface area contributed by atoms with Crippen molar-refractivity contribution in [1.82, 2.24) is 0 Å². The van der Waals surface area contributed by atoms with Gasteiger partial charge in [-0.3, -0.25) is 0 Å². The van der Waals surface area contributed by atoms with E-state index in [1.807, 2.05) is 18.2 Å². The van der Waals surface area contributed by atoms with Crippen LogP contribution in [-0.2, 0) is 0 Å². The molecule has 118 valence electrons. The molecule has 3 heteroatoms. The van der Waals surface area contributed by atoms with Gasteiger partial charge in [-0.25, -0.2) is 0 Å². The number of aromatic hydroxyl groups is 1. The van der Waals surface area contributed by atoms with E-state index in [0.717, 1.165) is 35.4 Å². The van der Waals surface area contributed by atoms with Crippen LogP contribution in [0, 0.1) is 0 Å². The molecular weight excluding hydrogens is 286 g/mol. The van der Waals surface area contributed by atoms with Crippen LogP contribution in [0.1, 0.15) is 25.2 Å². The second-order valence-corrected chi connectivity index (χ2v) is 5.47. The van der Waals surface area contributed by atoms with Crippen molar-refractivity contribution in [3.05, 3.63) is 59.9 Å². The fraction of sp³-hybridized carbons (Fsp3) is 0.200. The summed E-state index contributed by atoms with van der Waals surface area (Å²) in [6, 6.07) is 15.5. The summed E-state index contributed by atoms with van der Waals surface area (Å²) in [4.78, 5) is 2.32. The molecule has 0 unspecified atom stereocenters. The molecule has 0 amide bonds. The largest absolute Gasteiger partial charge is 0.508 e. The third kappa shape index (κ3) is 3.39. The van der Waals surface area contributed by atoms with E-state index in [1.54, 1.807) is 18.2 Å². The molecule has 1 heterocycles. The molecule has 0 atom stereocenters. The number of hydrogen-bond donors (Lipinski definition) is 1. The van der Waals surface area contributed by atoms with Gasteiger partial charge in [-0.1, -0.05) is 18.2 Å². The van der Waals surface area contributed by atoms with Crippen LogP contribution in [0.3, 0.4) is 0 Å². The maximum Gasteiger partial charge on any atom is 0.135 e. The Morgan fingerprint density at radius 1 is 0.957 bits per heavy atom. The lowest BCUT2D eigenvalue weighted by Crippen LogP contribution is -2.21. The summed E-state index contributed by atoms with van der Waals surface area (Å²) in [5, 5.41) is 10.4. The van der Waals surface area contributed by atoms with Gasteiger partial charge in [-0.2, -0.15) is 0 Å². The average molecular weight is 307 g/mol. The smallest absolute Gasteiger partial charge is 0.135 e. The number of rotatable bonds is 5. The third-order valence-electron chi connectivity index (χ3n) is 3.98. The summed E-state index contributed by atoms with van der Waals surface area (Å²) in [7, 11) is 0. The summed E-state index contributed by atoms with van der Waals surface area (Å²) >= 11 is 0. The first-order chi connectivity index (χ1) is 11.2. The Morgan fingerprint density at radius 3 is 2.39 bits per heavy atom. The highest BCUT2D eigenvalue weighted by Gasteiger charge is 2.03. The minimum Gasteiger partial charge on any atom is -0.508 e. The molecule has 3 nitrogen and oxygen atoms in total. The SMILES string of the molecule is CCN(CC)c1ccc(C=Cc2cc3cc(O)ccc3o2)cc1. The van der Waals surface area contributed by atoms with Gasteiger partial charge < -0.3 is 14.4 Å². The van der Waals surface area contributed by atoms with Crippen molar-refractivity contribution in [3.8, 4) is 5.75 Å². The van der Waals surface area contributed by atoms with Crippen molar-refractivity contribution in [2.45, 2.75) is 13.8 Å². The molecular formula is C20H21NO2. The maximum atomic E-state index is 9.50. The van der Waals surface area contributed by atoms with E-state index in [0.29, 0.717) is 0 Å². The molecule has 0 fully saturated rings. The van der Waals surface area contributed by atoms with E-state index < -0.39 is 0 Å². The van der Waals surface area contributed by atoms with E-state index in [-0.39, 0.29) is 5.75 Å². The molecule has 1 N–H and O–H groups in total. The van der Waals surface area contributed by atoms with Crippen molar-refractivity contribution in [2.24, 2.45) is 0 Å². The zero-order chi connectivity index (χ0) is 16.2. The Bertz CT molecular complexity index is 811. The molecule has 0 saturated heterocycles. The van der Waals surface area contributed by atoms with E-state index in [4.69, 9.17) is 4.42 Å². The van der Waals surface area contributed by atoms with Gasteiger partial charge in [-0.05, 0) is 61.9 Å². The van der Waals surface area contributed by atoms with Crippen LogP contribution in [0.25, 0.3) is 23.1 Å². The molecule has 3 aromatic rings. The first-order valence-corrected chi connectivity index (χ1v) is 7.95. The third-order valence-corrected chi connectivity index (χ3v) is 3.98. The number of phenolic OH excluding ortho intramolecular Hbond substituents is 1. The van der Waals surface area contributed by atoms with Gasteiger partial charge in [-0.15, -0.1) is 0 Å². The maximum absolute atomic E-state index is 9.50. The Kier molecular flexibility index (Phi) is 4.38. The lowest BCUT2D eigenvalue weighted by Gasteiger charge is -2.20. The zero-order valence-electron chi connectivity index (χ0n) is 13.5. The molecule has 0 radical (unpaired) electrons. The molecule has 0 saturated carbocycles. The number of benzene rings is 2. The fourth-order valence-electron chi connectivity index (χ4n) is 2.70. The van der Waals surface area contributed by atoms with E-state index in [2.05, 4.69) is 43.0 Å². The van der Waals surface area contributed by atoms with Gasteiger partial charge in [0.25, 0.3) is 0 Å². The summed E-state index contributed by atoms with van der Waals surface area (Å²) in [5.41, 5.74) is 3.15. The topological polar surface area (TPSA) is 36.6 Å². The summed E-state index contributed by atoms with van der Waals surface area (Å²) in [6.07, 6.45) is 3.98. The number of hydrogen-bond acceptors (Lipinski definition) is 3. The number of phenols is 1. The number of nitrogens with zero attached hydrogens (tertiary/aromatic N) is 1. The fourth-order valence-corrected chi connectivity index (χ4v) is 2.70. The van der Waals surface area contributed by atoms with E-state index in [9.17, 15) is 5.11 Å². The predicted octanol–water partition coefficient (Wildman–Crippen LogP) is 5.16. The second-order valence-electron chi connectivity index (χ2n) is 5.47. The number of fused-ring (bicyclic) bond motifs is 1. The van der Waals surface area contributed by atoms with Gasteiger partial charge in [0.1, 0.15) is 17.1 Å². The highest BCUT2D eigenvalue weighted by atomic mass is 16.3. The van der Waals surface area contributed by atoms with Crippen molar-refractivity contribution >= 4 is 28.8 Å². The van der Waals surface area contributed by atoms with Crippen LogP contribution in [-0.4, -0.2) is 18.2 Å². The molecule has 0 aliphatic carbocycles. The van der Waals surface area contributed by atoms with E-state index >= 15 is 0 Å². The van der Waals surface area contributed by atoms with Gasteiger partial charge >= 0.3 is 0 Å². The molecule has 0 bridgehead atoms. The minimum absolute atomic E-state index is 0.251. The van der Waals surface area contributed by atoms with Gasteiger partial charge in [0, 0.05) is 24.2 Å². The highest BCUT2D eigenvalue weighted by Crippen LogP contribution is 2.25. The van der Waals surface area contributed by atoms with Crippen LogP contribution in [0.2, 0.25) is 0 Å². The monoisotopic (exact) mass is 307 g/mol. The second kappa shape index (κ2) is 6.61. The lowest BCUT2D eigenvalue weighted by atomic mass is 10.1. The Balaban J connectivity index is 1.78. The van der Waals surface area contributed by atoms with Crippen LogP contribution in [0.15, 0.2) is 52.9 Å². The van der Waals surface area contributed by atoms with Crippen LogP contribution in [0.4, 0.5) is 5.69 Å². The summed E-state index contributed by atoms with van der Waals surface area (Å²) < 4.78 is 5.74. The molecule has 0 aliphatic heterocycles. The van der Waals surface area contributed by atoms with Crippen LogP contribution < -0.4 is 4.90 Å². The van der Waals surface area contributed by atoms with Crippen molar-refractivity contribution in [3.63, 3.8) is 0 Å². The molecule has 0 aliphatic rings. The first kappa shape index (κ1) is 15.2. The number of furan rings is 1. The molecule has 1 aromatic heterocycles.